The van der Waals surface area contributed by atoms with Crippen molar-refractivity contribution in [2.75, 3.05) is 0 Å². The van der Waals surface area contributed by atoms with E-state index in [0.717, 1.165) is 5.56 Å². The summed E-state index contributed by atoms with van der Waals surface area (Å²) >= 11 is 12.5. The molecular formula is C15H15Cl2NO. The van der Waals surface area contributed by atoms with Gasteiger partial charge in [0.2, 0.25) is 0 Å². The maximum absolute atomic E-state index is 10.6. The molecule has 0 radical (unpaired) electrons. The van der Waals surface area contributed by atoms with Crippen molar-refractivity contribution >= 4 is 23.2 Å². The number of hydrogen-bond donors (Lipinski definition) is 1. The number of aliphatic hydroxyl groups excluding tert-OH is 1. The number of benzene rings is 1. The van der Waals surface area contributed by atoms with E-state index in [1.54, 1.807) is 25.4 Å². The lowest BCUT2D eigenvalue weighted by atomic mass is 9.87. The number of alkyl halides is 2. The van der Waals surface area contributed by atoms with E-state index in [1.807, 2.05) is 36.4 Å². The van der Waals surface area contributed by atoms with Gasteiger partial charge in [0.15, 0.2) is 0 Å². The normalized spacial score (nSPS) is 14.9. The average Bonchev–Trinajstić information content (AvgIpc) is 2.39. The number of aromatic nitrogens is 1. The van der Waals surface area contributed by atoms with E-state index in [0.29, 0.717) is 5.56 Å². The van der Waals surface area contributed by atoms with Crippen LogP contribution >= 0.6 is 23.2 Å². The third kappa shape index (κ3) is 3.47. The van der Waals surface area contributed by atoms with E-state index < -0.39 is 16.4 Å². The predicted octanol–water partition coefficient (Wildman–Crippen LogP) is 4.09. The molecule has 2 aromatic rings. The van der Waals surface area contributed by atoms with Crippen molar-refractivity contribution < 1.29 is 5.11 Å². The van der Waals surface area contributed by atoms with Gasteiger partial charge in [-0.15, -0.1) is 23.2 Å². The van der Waals surface area contributed by atoms with Gasteiger partial charge in [0, 0.05) is 18.3 Å². The minimum absolute atomic E-state index is 0.429. The summed E-state index contributed by atoms with van der Waals surface area (Å²) in [6.07, 6.45) is 2.48. The van der Waals surface area contributed by atoms with E-state index >= 15 is 0 Å². The molecule has 2 rings (SSSR count). The number of rotatable bonds is 4. The van der Waals surface area contributed by atoms with Crippen LogP contribution in [0.1, 0.15) is 30.1 Å². The first-order valence-corrected chi connectivity index (χ1v) is 6.76. The Morgan fingerprint density at radius 2 is 1.68 bits per heavy atom. The second-order valence-electron chi connectivity index (χ2n) is 4.58. The van der Waals surface area contributed by atoms with E-state index in [1.165, 1.54) is 0 Å². The Labute approximate surface area is 123 Å². The van der Waals surface area contributed by atoms with Crippen LogP contribution in [-0.4, -0.2) is 14.4 Å². The standard InChI is InChI=1S/C15H15Cl2NO/c1-15(16,17)13(11-6-3-2-4-7-11)14(19)12-8-5-9-18-10-12/h2-10,13-14,19H,1H3. The molecule has 0 fully saturated rings. The van der Waals surface area contributed by atoms with E-state index in [4.69, 9.17) is 23.2 Å². The lowest BCUT2D eigenvalue weighted by molar-refractivity contribution is 0.138. The highest BCUT2D eigenvalue weighted by atomic mass is 35.5. The van der Waals surface area contributed by atoms with Gasteiger partial charge in [-0.1, -0.05) is 36.4 Å². The summed E-state index contributed by atoms with van der Waals surface area (Å²) in [6, 6.07) is 13.1. The Morgan fingerprint density at radius 3 is 2.21 bits per heavy atom. The summed E-state index contributed by atoms with van der Waals surface area (Å²) in [4.78, 5) is 4.02. The van der Waals surface area contributed by atoms with Crippen LogP contribution in [0, 0.1) is 0 Å². The maximum Gasteiger partial charge on any atom is 0.125 e. The van der Waals surface area contributed by atoms with Crippen LogP contribution in [0.3, 0.4) is 0 Å². The highest BCUT2D eigenvalue weighted by Crippen LogP contribution is 2.45. The van der Waals surface area contributed by atoms with Gasteiger partial charge in [0.1, 0.15) is 4.33 Å². The Morgan fingerprint density at radius 1 is 1.05 bits per heavy atom. The third-order valence-electron chi connectivity index (χ3n) is 3.05. The van der Waals surface area contributed by atoms with Crippen LogP contribution in [0.2, 0.25) is 0 Å². The van der Waals surface area contributed by atoms with Gasteiger partial charge in [0.25, 0.3) is 0 Å². The molecule has 0 saturated heterocycles. The van der Waals surface area contributed by atoms with Crippen LogP contribution in [0.15, 0.2) is 54.9 Å². The number of hydrogen-bond acceptors (Lipinski definition) is 2. The van der Waals surface area contributed by atoms with Gasteiger partial charge >= 0.3 is 0 Å². The molecular weight excluding hydrogens is 281 g/mol. The van der Waals surface area contributed by atoms with Gasteiger partial charge in [-0.05, 0) is 24.1 Å². The highest BCUT2D eigenvalue weighted by molar-refractivity contribution is 6.48. The zero-order valence-electron chi connectivity index (χ0n) is 10.5. The molecule has 0 aliphatic carbocycles. The summed E-state index contributed by atoms with van der Waals surface area (Å²) in [5, 5.41) is 10.6. The second-order valence-corrected chi connectivity index (χ2v) is 6.34. The number of nitrogens with zero attached hydrogens (tertiary/aromatic N) is 1. The fourth-order valence-electron chi connectivity index (χ4n) is 2.16. The molecule has 100 valence electrons. The Balaban J connectivity index is 2.40. The van der Waals surface area contributed by atoms with Crippen molar-refractivity contribution in [3.8, 4) is 0 Å². The molecule has 1 heterocycles. The van der Waals surface area contributed by atoms with Gasteiger partial charge in [0.05, 0.1) is 6.10 Å². The van der Waals surface area contributed by atoms with Crippen LogP contribution < -0.4 is 0 Å². The smallest absolute Gasteiger partial charge is 0.125 e. The number of aliphatic hydroxyl groups is 1. The third-order valence-corrected chi connectivity index (χ3v) is 3.52. The quantitative estimate of drug-likeness (QED) is 0.862. The topological polar surface area (TPSA) is 33.1 Å². The largest absolute Gasteiger partial charge is 0.388 e. The summed E-state index contributed by atoms with van der Waals surface area (Å²) in [5.41, 5.74) is 1.59. The molecule has 0 bridgehead atoms. The zero-order chi connectivity index (χ0) is 13.9. The van der Waals surface area contributed by atoms with Gasteiger partial charge in [-0.3, -0.25) is 4.98 Å². The van der Waals surface area contributed by atoms with Crippen LogP contribution in [-0.2, 0) is 0 Å². The van der Waals surface area contributed by atoms with Crippen molar-refractivity contribution in [3.63, 3.8) is 0 Å². The SMILES string of the molecule is CC(Cl)(Cl)C(c1ccccc1)C(O)c1cccnc1. The minimum Gasteiger partial charge on any atom is -0.388 e. The minimum atomic E-state index is -1.09. The van der Waals surface area contributed by atoms with Crippen LogP contribution in [0.4, 0.5) is 0 Å². The molecule has 1 N–H and O–H groups in total. The molecule has 0 aliphatic rings. The molecule has 19 heavy (non-hydrogen) atoms. The van der Waals surface area contributed by atoms with Crippen molar-refractivity contribution in [2.24, 2.45) is 0 Å². The van der Waals surface area contributed by atoms with E-state index in [2.05, 4.69) is 4.98 Å². The molecule has 2 nitrogen and oxygen atoms in total. The first-order valence-electron chi connectivity index (χ1n) is 6.01. The number of halogens is 2. The van der Waals surface area contributed by atoms with Crippen molar-refractivity contribution in [3.05, 3.63) is 66.0 Å². The summed E-state index contributed by atoms with van der Waals surface area (Å²) in [7, 11) is 0. The van der Waals surface area contributed by atoms with Crippen molar-refractivity contribution in [1.82, 2.24) is 4.98 Å². The van der Waals surface area contributed by atoms with Crippen LogP contribution in [0.5, 0.6) is 0 Å². The van der Waals surface area contributed by atoms with Gasteiger partial charge in [-0.2, -0.15) is 0 Å². The van der Waals surface area contributed by atoms with Crippen molar-refractivity contribution in [2.45, 2.75) is 23.3 Å². The lowest BCUT2D eigenvalue weighted by Gasteiger charge is -2.31. The molecule has 0 saturated carbocycles. The molecule has 0 aliphatic heterocycles. The molecule has 0 spiro atoms. The van der Waals surface area contributed by atoms with E-state index in [-0.39, 0.29) is 0 Å². The maximum atomic E-state index is 10.6. The molecule has 0 amide bonds. The second kappa shape index (κ2) is 5.91. The monoisotopic (exact) mass is 295 g/mol. The molecule has 4 heteroatoms. The van der Waals surface area contributed by atoms with Gasteiger partial charge in [-0.25, -0.2) is 0 Å². The fourth-order valence-corrected chi connectivity index (χ4v) is 2.65. The Hall–Kier alpha value is -1.09. The summed E-state index contributed by atoms with van der Waals surface area (Å²) in [5.74, 6) is -0.429. The zero-order valence-corrected chi connectivity index (χ0v) is 12.0. The van der Waals surface area contributed by atoms with E-state index in [9.17, 15) is 5.11 Å². The average molecular weight is 296 g/mol. The molecule has 2 atom stereocenters. The molecule has 1 aromatic heterocycles. The number of pyridine rings is 1. The van der Waals surface area contributed by atoms with Crippen LogP contribution in [0.25, 0.3) is 0 Å². The lowest BCUT2D eigenvalue weighted by Crippen LogP contribution is -2.26. The Kier molecular flexibility index (Phi) is 4.46. The molecule has 1 aromatic carbocycles. The first kappa shape index (κ1) is 14.3. The first-order chi connectivity index (χ1) is 9.00. The van der Waals surface area contributed by atoms with Gasteiger partial charge < -0.3 is 5.11 Å². The summed E-state index contributed by atoms with van der Waals surface area (Å²) < 4.78 is -1.09. The Bertz CT molecular complexity index is 511. The molecule has 2 unspecified atom stereocenters. The fraction of sp³-hybridized carbons (Fsp3) is 0.267. The predicted molar refractivity (Wildman–Crippen MR) is 78.5 cm³/mol. The van der Waals surface area contributed by atoms with Crippen molar-refractivity contribution in [1.29, 1.82) is 0 Å². The summed E-state index contributed by atoms with van der Waals surface area (Å²) in [6.45, 7) is 1.69. The highest BCUT2D eigenvalue weighted by Gasteiger charge is 2.37.